The number of benzene rings is 1. The van der Waals surface area contributed by atoms with Crippen LogP contribution in [0.2, 0.25) is 5.02 Å². The summed E-state index contributed by atoms with van der Waals surface area (Å²) in [5.41, 5.74) is 1.31. The molecule has 1 aromatic heterocycles. The third-order valence-electron chi connectivity index (χ3n) is 3.24. The summed E-state index contributed by atoms with van der Waals surface area (Å²) < 4.78 is 21.3. The summed E-state index contributed by atoms with van der Waals surface area (Å²) in [5.74, 6) is 0.301. The van der Waals surface area contributed by atoms with Gasteiger partial charge < -0.3 is 9.30 Å². The molecule has 1 atom stereocenters. The first kappa shape index (κ1) is 13.2. The fraction of sp³-hybridized carbons (Fsp3) is 0.267. The second-order valence-corrected chi connectivity index (χ2v) is 5.22. The minimum Gasteiger partial charge on any atom is -0.474 e. The standard InChI is InChI=1S/C15H14ClFN2O/c1-10-9-20-15(18-10)14-6-3-7-19(14)8-11-12(16)4-2-5-13(11)17/h2-7,10H,8-9H2,1H3/t10-/m1/s1. The molecule has 0 saturated heterocycles. The van der Waals surface area contributed by atoms with Crippen molar-refractivity contribution in [3.8, 4) is 0 Å². The topological polar surface area (TPSA) is 26.5 Å². The number of nitrogens with zero attached hydrogens (tertiary/aromatic N) is 2. The fourth-order valence-corrected chi connectivity index (χ4v) is 2.44. The van der Waals surface area contributed by atoms with Crippen LogP contribution >= 0.6 is 11.6 Å². The lowest BCUT2D eigenvalue weighted by Crippen LogP contribution is -2.11. The largest absolute Gasteiger partial charge is 0.474 e. The Hall–Kier alpha value is -1.81. The van der Waals surface area contributed by atoms with Crippen LogP contribution < -0.4 is 0 Å². The predicted molar refractivity (Wildman–Crippen MR) is 76.9 cm³/mol. The average Bonchev–Trinajstić information content (AvgIpc) is 3.02. The van der Waals surface area contributed by atoms with Crippen molar-refractivity contribution < 1.29 is 9.13 Å². The summed E-state index contributed by atoms with van der Waals surface area (Å²) >= 11 is 6.07. The zero-order valence-corrected chi connectivity index (χ0v) is 11.8. The van der Waals surface area contributed by atoms with Crippen molar-refractivity contribution in [2.75, 3.05) is 6.61 Å². The Morgan fingerprint density at radius 1 is 1.40 bits per heavy atom. The molecule has 5 heteroatoms. The highest BCUT2D eigenvalue weighted by Crippen LogP contribution is 2.22. The monoisotopic (exact) mass is 292 g/mol. The maximum Gasteiger partial charge on any atom is 0.233 e. The van der Waals surface area contributed by atoms with Gasteiger partial charge >= 0.3 is 0 Å². The maximum atomic E-state index is 13.9. The molecule has 2 heterocycles. The van der Waals surface area contributed by atoms with E-state index >= 15 is 0 Å². The molecule has 0 unspecified atom stereocenters. The molecule has 0 radical (unpaired) electrons. The summed E-state index contributed by atoms with van der Waals surface area (Å²) in [6.45, 7) is 2.93. The van der Waals surface area contributed by atoms with Crippen LogP contribution in [0, 0.1) is 5.82 Å². The van der Waals surface area contributed by atoms with E-state index in [9.17, 15) is 4.39 Å². The quantitative estimate of drug-likeness (QED) is 0.850. The molecule has 0 N–H and O–H groups in total. The molecule has 0 saturated carbocycles. The maximum absolute atomic E-state index is 13.9. The third-order valence-corrected chi connectivity index (χ3v) is 3.59. The summed E-state index contributed by atoms with van der Waals surface area (Å²) in [5, 5.41) is 0.423. The van der Waals surface area contributed by atoms with Crippen molar-refractivity contribution in [3.05, 3.63) is 58.6 Å². The lowest BCUT2D eigenvalue weighted by atomic mass is 10.2. The van der Waals surface area contributed by atoms with Crippen LogP contribution in [0.1, 0.15) is 18.2 Å². The first-order valence-electron chi connectivity index (χ1n) is 6.44. The molecule has 1 aliphatic rings. The number of aliphatic imine (C=N–C) groups is 1. The van der Waals surface area contributed by atoms with Crippen LogP contribution in [0.15, 0.2) is 41.5 Å². The van der Waals surface area contributed by atoms with Crippen molar-refractivity contribution in [3.63, 3.8) is 0 Å². The lowest BCUT2D eigenvalue weighted by Gasteiger charge is -2.11. The first-order valence-corrected chi connectivity index (χ1v) is 6.82. The van der Waals surface area contributed by atoms with Gasteiger partial charge in [0.2, 0.25) is 5.90 Å². The number of ether oxygens (including phenoxy) is 1. The smallest absolute Gasteiger partial charge is 0.233 e. The van der Waals surface area contributed by atoms with Gasteiger partial charge in [-0.25, -0.2) is 9.38 Å². The second-order valence-electron chi connectivity index (χ2n) is 4.82. The molecule has 104 valence electrons. The molecule has 1 aliphatic heterocycles. The second kappa shape index (κ2) is 5.29. The van der Waals surface area contributed by atoms with Crippen LogP contribution in [-0.2, 0) is 11.3 Å². The van der Waals surface area contributed by atoms with Gasteiger partial charge in [0.25, 0.3) is 0 Å². The van der Waals surface area contributed by atoms with Crippen LogP contribution in [0.4, 0.5) is 4.39 Å². The van der Waals surface area contributed by atoms with Crippen molar-refractivity contribution in [2.45, 2.75) is 19.5 Å². The Balaban J connectivity index is 1.93. The minimum atomic E-state index is -0.306. The van der Waals surface area contributed by atoms with Gasteiger partial charge in [0.15, 0.2) is 0 Å². The van der Waals surface area contributed by atoms with E-state index in [0.29, 0.717) is 29.6 Å². The highest BCUT2D eigenvalue weighted by atomic mass is 35.5. The van der Waals surface area contributed by atoms with Crippen LogP contribution in [0.25, 0.3) is 0 Å². The molecule has 20 heavy (non-hydrogen) atoms. The van der Waals surface area contributed by atoms with Gasteiger partial charge in [-0.3, -0.25) is 0 Å². The summed E-state index contributed by atoms with van der Waals surface area (Å²) in [4.78, 5) is 4.42. The minimum absolute atomic E-state index is 0.158. The number of rotatable bonds is 3. The van der Waals surface area contributed by atoms with E-state index in [0.717, 1.165) is 5.69 Å². The van der Waals surface area contributed by atoms with Gasteiger partial charge in [-0.05, 0) is 31.2 Å². The van der Waals surface area contributed by atoms with E-state index in [2.05, 4.69) is 4.99 Å². The fourth-order valence-electron chi connectivity index (χ4n) is 2.21. The molecule has 2 aromatic rings. The van der Waals surface area contributed by atoms with Crippen LogP contribution in [0.3, 0.4) is 0 Å². The Morgan fingerprint density at radius 3 is 2.95 bits per heavy atom. The van der Waals surface area contributed by atoms with Gasteiger partial charge in [0.05, 0.1) is 12.6 Å². The van der Waals surface area contributed by atoms with E-state index in [1.165, 1.54) is 6.07 Å². The molecule has 0 aliphatic carbocycles. The molecular weight excluding hydrogens is 279 g/mol. The van der Waals surface area contributed by atoms with Gasteiger partial charge in [-0.2, -0.15) is 0 Å². The van der Waals surface area contributed by atoms with Gasteiger partial charge in [-0.15, -0.1) is 0 Å². The predicted octanol–water partition coefficient (Wildman–Crippen LogP) is 3.49. The van der Waals surface area contributed by atoms with Crippen molar-refractivity contribution in [1.29, 1.82) is 0 Å². The Kier molecular flexibility index (Phi) is 3.49. The Labute approximate surface area is 121 Å². The van der Waals surface area contributed by atoms with Gasteiger partial charge in [-0.1, -0.05) is 17.7 Å². The van der Waals surface area contributed by atoms with E-state index < -0.39 is 0 Å². The molecule has 0 fully saturated rings. The molecule has 3 nitrogen and oxygen atoms in total. The summed E-state index contributed by atoms with van der Waals surface area (Å²) in [6, 6.07) is 8.66. The first-order chi connectivity index (χ1) is 9.65. The lowest BCUT2D eigenvalue weighted by molar-refractivity contribution is 0.322. The van der Waals surface area contributed by atoms with E-state index in [1.807, 2.05) is 29.8 Å². The number of hydrogen-bond donors (Lipinski definition) is 0. The zero-order chi connectivity index (χ0) is 14.1. The van der Waals surface area contributed by atoms with Crippen LogP contribution in [0.5, 0.6) is 0 Å². The molecule has 0 spiro atoms. The van der Waals surface area contributed by atoms with Gasteiger partial charge in [0.1, 0.15) is 18.1 Å². The van der Waals surface area contributed by atoms with E-state index in [4.69, 9.17) is 16.3 Å². The van der Waals surface area contributed by atoms with E-state index in [1.54, 1.807) is 12.1 Å². The molecule has 0 bridgehead atoms. The molecule has 3 rings (SSSR count). The Bertz CT molecular complexity index is 645. The van der Waals surface area contributed by atoms with Crippen molar-refractivity contribution in [2.24, 2.45) is 4.99 Å². The highest BCUT2D eigenvalue weighted by molar-refractivity contribution is 6.31. The van der Waals surface area contributed by atoms with Crippen molar-refractivity contribution in [1.82, 2.24) is 4.57 Å². The summed E-state index contributed by atoms with van der Waals surface area (Å²) in [7, 11) is 0. The van der Waals surface area contributed by atoms with Crippen molar-refractivity contribution >= 4 is 17.5 Å². The Morgan fingerprint density at radius 2 is 2.25 bits per heavy atom. The SMILES string of the molecule is C[C@@H]1COC(c2cccn2Cc2c(F)cccc2Cl)=N1. The third kappa shape index (κ3) is 2.43. The average molecular weight is 293 g/mol. The molecule has 0 amide bonds. The number of hydrogen-bond acceptors (Lipinski definition) is 2. The van der Waals surface area contributed by atoms with Crippen LogP contribution in [-0.4, -0.2) is 23.1 Å². The van der Waals surface area contributed by atoms with E-state index in [-0.39, 0.29) is 11.9 Å². The van der Waals surface area contributed by atoms with Gasteiger partial charge in [0, 0.05) is 16.8 Å². The number of halogens is 2. The zero-order valence-electron chi connectivity index (χ0n) is 11.0. The number of aromatic nitrogens is 1. The molecular formula is C15H14ClFN2O. The highest BCUT2D eigenvalue weighted by Gasteiger charge is 2.19. The molecule has 1 aromatic carbocycles. The normalized spacial score (nSPS) is 17.9. The summed E-state index contributed by atoms with van der Waals surface area (Å²) in [6.07, 6.45) is 1.87.